The smallest absolute Gasteiger partial charge is 0.342 e. The maximum Gasteiger partial charge on any atom is 0.342 e. The Kier molecular flexibility index (Phi) is 4.99. The van der Waals surface area contributed by atoms with Crippen molar-refractivity contribution in [3.63, 3.8) is 0 Å². The minimum atomic E-state index is -0.999. The van der Waals surface area contributed by atoms with Gasteiger partial charge in [-0.15, -0.1) is 0 Å². The topological polar surface area (TPSA) is 83.9 Å². The van der Waals surface area contributed by atoms with E-state index in [1.807, 2.05) is 0 Å². The molecule has 1 heterocycles. The predicted octanol–water partition coefficient (Wildman–Crippen LogP) is 3.04. The Labute approximate surface area is 157 Å². The fraction of sp³-hybridized carbons (Fsp3) is 0.286. The number of Topliss-reactive ketones (excluding diaryl/α,β-unsaturated/α-hetero) is 1. The van der Waals surface area contributed by atoms with Gasteiger partial charge < -0.3 is 14.7 Å². The number of phenols is 1. The van der Waals surface area contributed by atoms with Crippen molar-refractivity contribution < 1.29 is 24.2 Å². The third-order valence-electron chi connectivity index (χ3n) is 4.66. The molecule has 1 aliphatic rings. The molecule has 0 fully saturated rings. The van der Waals surface area contributed by atoms with E-state index in [-0.39, 0.29) is 23.0 Å². The van der Waals surface area contributed by atoms with Gasteiger partial charge in [0.15, 0.2) is 6.10 Å². The summed E-state index contributed by atoms with van der Waals surface area (Å²) in [4.78, 5) is 38.2. The Bertz CT molecular complexity index is 934. The number of nitrogens with zero attached hydrogens (tertiary/aromatic N) is 1. The van der Waals surface area contributed by atoms with Crippen LogP contribution in [0.2, 0.25) is 0 Å². The van der Waals surface area contributed by atoms with Crippen molar-refractivity contribution in [2.75, 3.05) is 11.4 Å². The predicted molar refractivity (Wildman–Crippen MR) is 100 cm³/mol. The Hall–Kier alpha value is -3.15. The first kappa shape index (κ1) is 18.6. The zero-order valence-corrected chi connectivity index (χ0v) is 15.5. The number of carbonyl (C=O) groups excluding carboxylic acids is 3. The molecule has 0 radical (unpaired) electrons. The van der Waals surface area contributed by atoms with Crippen molar-refractivity contribution in [3.8, 4) is 5.75 Å². The summed E-state index contributed by atoms with van der Waals surface area (Å²) in [5.74, 6) is -1.30. The molecule has 0 aliphatic carbocycles. The number of aryl methyl sites for hydroxylation is 1. The van der Waals surface area contributed by atoms with E-state index in [0.717, 1.165) is 16.8 Å². The Morgan fingerprint density at radius 1 is 1.15 bits per heavy atom. The lowest BCUT2D eigenvalue weighted by Gasteiger charge is -2.16. The molecule has 140 valence electrons. The average molecular weight is 367 g/mol. The van der Waals surface area contributed by atoms with Crippen LogP contribution in [-0.2, 0) is 16.0 Å². The highest BCUT2D eigenvalue weighted by Gasteiger charge is 2.26. The first-order valence-corrected chi connectivity index (χ1v) is 8.73. The number of hydrogen-bond acceptors (Lipinski definition) is 5. The molecule has 27 heavy (non-hydrogen) atoms. The number of fused-ring (bicyclic) bond motifs is 1. The molecule has 6 heteroatoms. The van der Waals surface area contributed by atoms with Crippen LogP contribution in [0.3, 0.4) is 0 Å². The van der Waals surface area contributed by atoms with Crippen LogP contribution in [0, 0.1) is 6.92 Å². The Morgan fingerprint density at radius 2 is 1.89 bits per heavy atom. The number of ether oxygens (including phenoxy) is 1. The van der Waals surface area contributed by atoms with Gasteiger partial charge in [-0.2, -0.15) is 0 Å². The van der Waals surface area contributed by atoms with Crippen LogP contribution in [0.5, 0.6) is 5.75 Å². The highest BCUT2D eigenvalue weighted by atomic mass is 16.5. The minimum absolute atomic E-state index is 0.0284. The molecule has 1 N–H and O–H groups in total. The van der Waals surface area contributed by atoms with E-state index in [9.17, 15) is 19.5 Å². The van der Waals surface area contributed by atoms with E-state index in [4.69, 9.17) is 4.74 Å². The van der Waals surface area contributed by atoms with Crippen LogP contribution in [-0.4, -0.2) is 35.4 Å². The summed E-state index contributed by atoms with van der Waals surface area (Å²) >= 11 is 0. The van der Waals surface area contributed by atoms with Gasteiger partial charge in [-0.05, 0) is 56.2 Å². The van der Waals surface area contributed by atoms with Gasteiger partial charge in [0.05, 0.1) is 0 Å². The lowest BCUT2D eigenvalue weighted by molar-refractivity contribution is -0.116. The van der Waals surface area contributed by atoms with Gasteiger partial charge in [-0.1, -0.05) is 11.6 Å². The van der Waals surface area contributed by atoms with Crippen molar-refractivity contribution in [1.29, 1.82) is 0 Å². The summed E-state index contributed by atoms with van der Waals surface area (Å²) in [6.45, 7) is 5.40. The van der Waals surface area contributed by atoms with Crippen molar-refractivity contribution in [2.24, 2.45) is 0 Å². The normalized spacial score (nSPS) is 13.8. The lowest BCUT2D eigenvalue weighted by atomic mass is 10.0. The second kappa shape index (κ2) is 7.23. The molecule has 6 nitrogen and oxygen atoms in total. The number of anilines is 1. The second-order valence-electron chi connectivity index (χ2n) is 6.70. The van der Waals surface area contributed by atoms with Crippen LogP contribution in [0.15, 0.2) is 36.4 Å². The van der Waals surface area contributed by atoms with Gasteiger partial charge in [-0.3, -0.25) is 9.59 Å². The van der Waals surface area contributed by atoms with E-state index in [2.05, 4.69) is 0 Å². The first-order chi connectivity index (χ1) is 12.8. The number of amides is 1. The van der Waals surface area contributed by atoms with Crippen molar-refractivity contribution in [2.45, 2.75) is 33.3 Å². The fourth-order valence-electron chi connectivity index (χ4n) is 3.21. The monoisotopic (exact) mass is 367 g/mol. The molecule has 1 unspecified atom stereocenters. The largest absolute Gasteiger partial charge is 0.507 e. The van der Waals surface area contributed by atoms with E-state index < -0.39 is 12.1 Å². The van der Waals surface area contributed by atoms with Crippen molar-refractivity contribution >= 4 is 23.3 Å². The Balaban J connectivity index is 1.75. The van der Waals surface area contributed by atoms with Crippen LogP contribution in [0.25, 0.3) is 0 Å². The molecular formula is C21H21NO5. The Morgan fingerprint density at radius 3 is 2.59 bits per heavy atom. The zero-order valence-electron chi connectivity index (χ0n) is 15.5. The van der Waals surface area contributed by atoms with Gasteiger partial charge in [0.2, 0.25) is 11.7 Å². The van der Waals surface area contributed by atoms with Crippen LogP contribution in [0.1, 0.15) is 45.7 Å². The van der Waals surface area contributed by atoms with E-state index >= 15 is 0 Å². The summed E-state index contributed by atoms with van der Waals surface area (Å²) in [5, 5.41) is 9.83. The van der Waals surface area contributed by atoms with Gasteiger partial charge >= 0.3 is 5.97 Å². The number of ketones is 1. The van der Waals surface area contributed by atoms with Crippen molar-refractivity contribution in [3.05, 3.63) is 58.7 Å². The SMILES string of the molecule is CC(=O)N1CCc2cc(C(=O)C(C)OC(=O)c3cc(C)ccc3O)ccc21. The number of hydrogen-bond donors (Lipinski definition) is 1. The molecule has 0 bridgehead atoms. The van der Waals surface area contributed by atoms with E-state index in [1.54, 1.807) is 36.1 Å². The molecule has 0 saturated heterocycles. The number of aromatic hydroxyl groups is 1. The van der Waals surface area contributed by atoms with Crippen LogP contribution >= 0.6 is 0 Å². The van der Waals surface area contributed by atoms with Gasteiger partial charge in [0.1, 0.15) is 11.3 Å². The zero-order chi connectivity index (χ0) is 19.7. The van der Waals surface area contributed by atoms with Gasteiger partial charge in [0, 0.05) is 24.7 Å². The molecular weight excluding hydrogens is 346 g/mol. The van der Waals surface area contributed by atoms with E-state index in [1.165, 1.54) is 26.0 Å². The number of phenolic OH excluding ortho intramolecular Hbond substituents is 1. The average Bonchev–Trinajstić information content (AvgIpc) is 3.06. The number of carbonyl (C=O) groups is 3. The molecule has 0 spiro atoms. The highest BCUT2D eigenvalue weighted by molar-refractivity contribution is 6.03. The lowest BCUT2D eigenvalue weighted by Crippen LogP contribution is -2.26. The number of rotatable bonds is 4. The molecule has 0 saturated carbocycles. The molecule has 1 aliphatic heterocycles. The quantitative estimate of drug-likeness (QED) is 0.663. The fourth-order valence-corrected chi connectivity index (χ4v) is 3.21. The first-order valence-electron chi connectivity index (χ1n) is 8.73. The highest BCUT2D eigenvalue weighted by Crippen LogP contribution is 2.29. The molecule has 2 aromatic rings. The molecule has 2 aromatic carbocycles. The van der Waals surface area contributed by atoms with Gasteiger partial charge in [0.25, 0.3) is 0 Å². The molecule has 1 atom stereocenters. The summed E-state index contributed by atoms with van der Waals surface area (Å²) in [6, 6.07) is 9.74. The summed E-state index contributed by atoms with van der Waals surface area (Å²) in [6.07, 6.45) is -0.317. The van der Waals surface area contributed by atoms with Crippen molar-refractivity contribution in [1.82, 2.24) is 0 Å². The third kappa shape index (κ3) is 3.69. The summed E-state index contributed by atoms with van der Waals surface area (Å²) in [7, 11) is 0. The molecule has 0 aromatic heterocycles. The van der Waals surface area contributed by atoms with Crippen LogP contribution < -0.4 is 4.90 Å². The standard InChI is InChI=1S/C21H21NO5/c1-12-4-7-19(24)17(10-12)21(26)27-13(2)20(25)16-5-6-18-15(11-16)8-9-22(18)14(3)23/h4-7,10-11,13,24H,8-9H2,1-3H3. The number of esters is 1. The molecule has 3 rings (SSSR count). The van der Waals surface area contributed by atoms with Gasteiger partial charge in [-0.25, -0.2) is 4.79 Å². The third-order valence-corrected chi connectivity index (χ3v) is 4.66. The van der Waals surface area contributed by atoms with E-state index in [0.29, 0.717) is 18.5 Å². The summed E-state index contributed by atoms with van der Waals surface area (Å²) in [5.41, 5.74) is 2.99. The maximum atomic E-state index is 12.7. The minimum Gasteiger partial charge on any atom is -0.507 e. The maximum absolute atomic E-state index is 12.7. The number of benzene rings is 2. The van der Waals surface area contributed by atoms with Crippen LogP contribution in [0.4, 0.5) is 5.69 Å². The second-order valence-corrected chi connectivity index (χ2v) is 6.70. The molecule has 1 amide bonds. The summed E-state index contributed by atoms with van der Waals surface area (Å²) < 4.78 is 5.25.